The Morgan fingerprint density at radius 1 is 1.00 bits per heavy atom. The first-order valence-corrected chi connectivity index (χ1v) is 7.42. The van der Waals surface area contributed by atoms with E-state index in [-0.39, 0.29) is 12.1 Å². The van der Waals surface area contributed by atoms with Gasteiger partial charge in [0.05, 0.1) is 14.2 Å². The van der Waals surface area contributed by atoms with E-state index in [1.807, 2.05) is 19.9 Å². The van der Waals surface area contributed by atoms with Crippen molar-refractivity contribution in [2.75, 3.05) is 24.9 Å². The van der Waals surface area contributed by atoms with Gasteiger partial charge >= 0.3 is 6.03 Å². The van der Waals surface area contributed by atoms with E-state index in [1.165, 1.54) is 0 Å². The maximum atomic E-state index is 11.6. The maximum Gasteiger partial charge on any atom is 0.320 e. The van der Waals surface area contributed by atoms with Crippen LogP contribution in [0.4, 0.5) is 22.1 Å². The number of carbonyl (C=O) groups excluding carboxylic acids is 1. The molecule has 2 aromatic rings. The summed E-state index contributed by atoms with van der Waals surface area (Å²) in [5.74, 6) is 2.16. The molecule has 0 spiro atoms. The summed E-state index contributed by atoms with van der Waals surface area (Å²) >= 11 is 0. The number of carbonyl (C=O) groups is 1. The van der Waals surface area contributed by atoms with Crippen LogP contribution in [0, 0.1) is 0 Å². The van der Waals surface area contributed by atoms with Gasteiger partial charge in [-0.1, -0.05) is 0 Å². The number of benzene rings is 1. The molecule has 8 heteroatoms. The second kappa shape index (κ2) is 8.00. The van der Waals surface area contributed by atoms with Crippen molar-refractivity contribution in [3.63, 3.8) is 0 Å². The second-order valence-electron chi connectivity index (χ2n) is 5.25. The van der Waals surface area contributed by atoms with Gasteiger partial charge in [0.15, 0.2) is 23.1 Å². The van der Waals surface area contributed by atoms with Gasteiger partial charge in [0.2, 0.25) is 0 Å². The zero-order chi connectivity index (χ0) is 17.5. The zero-order valence-corrected chi connectivity index (χ0v) is 14.1. The third-order valence-corrected chi connectivity index (χ3v) is 2.98. The average Bonchev–Trinajstić information content (AvgIpc) is 2.55. The number of amides is 2. The van der Waals surface area contributed by atoms with Crippen LogP contribution in [0.5, 0.6) is 11.5 Å². The summed E-state index contributed by atoms with van der Waals surface area (Å²) in [4.78, 5) is 11.6. The van der Waals surface area contributed by atoms with Crippen LogP contribution in [0.3, 0.4) is 0 Å². The fraction of sp³-hybridized carbons (Fsp3) is 0.312. The first-order valence-electron chi connectivity index (χ1n) is 7.42. The van der Waals surface area contributed by atoms with E-state index in [0.717, 1.165) is 5.69 Å². The van der Waals surface area contributed by atoms with E-state index in [1.54, 1.807) is 38.5 Å². The molecule has 0 atom stereocenters. The summed E-state index contributed by atoms with van der Waals surface area (Å²) in [7, 11) is 3.15. The minimum atomic E-state index is -0.320. The molecule has 0 saturated carbocycles. The number of urea groups is 1. The molecule has 0 aliphatic heterocycles. The van der Waals surface area contributed by atoms with Crippen LogP contribution in [0.2, 0.25) is 0 Å². The van der Waals surface area contributed by atoms with Crippen molar-refractivity contribution < 1.29 is 14.3 Å². The van der Waals surface area contributed by atoms with E-state index >= 15 is 0 Å². The van der Waals surface area contributed by atoms with Crippen molar-refractivity contribution in [1.29, 1.82) is 0 Å². The molecule has 24 heavy (non-hydrogen) atoms. The van der Waals surface area contributed by atoms with Crippen LogP contribution >= 0.6 is 0 Å². The van der Waals surface area contributed by atoms with Gasteiger partial charge in [-0.3, -0.25) is 5.32 Å². The number of aromatic nitrogens is 2. The Labute approximate surface area is 140 Å². The molecular weight excluding hydrogens is 310 g/mol. The molecule has 0 aliphatic rings. The quantitative estimate of drug-likeness (QED) is 0.753. The van der Waals surface area contributed by atoms with Crippen molar-refractivity contribution in [3.05, 3.63) is 30.3 Å². The highest BCUT2D eigenvalue weighted by Crippen LogP contribution is 2.30. The minimum Gasteiger partial charge on any atom is -0.493 e. The lowest BCUT2D eigenvalue weighted by Gasteiger charge is -2.11. The molecule has 0 fully saturated rings. The summed E-state index contributed by atoms with van der Waals surface area (Å²) in [6.45, 7) is 3.75. The molecule has 128 valence electrons. The second-order valence-corrected chi connectivity index (χ2v) is 5.25. The van der Waals surface area contributed by atoms with Crippen molar-refractivity contribution in [3.8, 4) is 11.5 Å². The first-order chi connectivity index (χ1) is 11.5. The molecule has 0 radical (unpaired) electrons. The molecule has 1 aromatic heterocycles. The standard InChI is InChI=1S/C16H21N5O3/c1-10(2)17-16(22)19-15-8-7-14(20-21-15)18-11-5-6-12(23-3)13(9-11)24-4/h5-10H,1-4H3,(H,18,20)(H2,17,19,21,22). The normalized spacial score (nSPS) is 10.2. The van der Waals surface area contributed by atoms with Crippen molar-refractivity contribution in [2.45, 2.75) is 19.9 Å². The lowest BCUT2D eigenvalue weighted by atomic mass is 10.2. The topological polar surface area (TPSA) is 97.4 Å². The molecule has 8 nitrogen and oxygen atoms in total. The smallest absolute Gasteiger partial charge is 0.320 e. The number of hydrogen-bond acceptors (Lipinski definition) is 6. The summed E-state index contributed by atoms with van der Waals surface area (Å²) in [6, 6.07) is 8.53. The number of ether oxygens (including phenoxy) is 2. The van der Waals surface area contributed by atoms with E-state index < -0.39 is 0 Å². The van der Waals surface area contributed by atoms with Gasteiger partial charge in [0.25, 0.3) is 0 Å². The Bertz CT molecular complexity index is 689. The predicted molar refractivity (Wildman–Crippen MR) is 92.2 cm³/mol. The Balaban J connectivity index is 2.02. The highest BCUT2D eigenvalue weighted by molar-refractivity contribution is 5.88. The van der Waals surface area contributed by atoms with Crippen LogP contribution in [-0.2, 0) is 0 Å². The fourth-order valence-corrected chi connectivity index (χ4v) is 1.94. The van der Waals surface area contributed by atoms with Crippen LogP contribution in [0.25, 0.3) is 0 Å². The highest BCUT2D eigenvalue weighted by atomic mass is 16.5. The molecule has 0 aliphatic carbocycles. The molecule has 0 saturated heterocycles. The fourth-order valence-electron chi connectivity index (χ4n) is 1.94. The van der Waals surface area contributed by atoms with Crippen molar-refractivity contribution >= 4 is 23.4 Å². The van der Waals surface area contributed by atoms with Gasteiger partial charge in [-0.15, -0.1) is 10.2 Å². The Kier molecular flexibility index (Phi) is 5.78. The van der Waals surface area contributed by atoms with Gasteiger partial charge < -0.3 is 20.1 Å². The summed E-state index contributed by atoms with van der Waals surface area (Å²) in [5, 5.41) is 16.4. The monoisotopic (exact) mass is 331 g/mol. The van der Waals surface area contributed by atoms with Crippen molar-refractivity contribution in [2.24, 2.45) is 0 Å². The Morgan fingerprint density at radius 3 is 2.25 bits per heavy atom. The SMILES string of the molecule is COc1ccc(Nc2ccc(NC(=O)NC(C)C)nn2)cc1OC. The van der Waals surface area contributed by atoms with Gasteiger partial charge in [0, 0.05) is 17.8 Å². The van der Waals surface area contributed by atoms with E-state index in [0.29, 0.717) is 23.1 Å². The number of nitrogens with one attached hydrogen (secondary N) is 3. The highest BCUT2D eigenvalue weighted by Gasteiger charge is 2.07. The van der Waals surface area contributed by atoms with E-state index in [4.69, 9.17) is 9.47 Å². The molecule has 0 unspecified atom stereocenters. The van der Waals surface area contributed by atoms with E-state index in [2.05, 4.69) is 26.1 Å². The van der Waals surface area contributed by atoms with E-state index in [9.17, 15) is 4.79 Å². The summed E-state index contributed by atoms with van der Waals surface area (Å²) in [5.41, 5.74) is 0.778. The Hall–Kier alpha value is -3.03. The molecule has 1 heterocycles. The molecule has 1 aromatic carbocycles. The van der Waals surface area contributed by atoms with Crippen LogP contribution in [-0.4, -0.2) is 36.5 Å². The van der Waals surface area contributed by atoms with Crippen LogP contribution in [0.1, 0.15) is 13.8 Å². The number of anilines is 3. The minimum absolute atomic E-state index is 0.0453. The van der Waals surface area contributed by atoms with Crippen molar-refractivity contribution in [1.82, 2.24) is 15.5 Å². The lowest BCUT2D eigenvalue weighted by Crippen LogP contribution is -2.34. The Morgan fingerprint density at radius 2 is 1.67 bits per heavy atom. The van der Waals surface area contributed by atoms with Crippen LogP contribution in [0.15, 0.2) is 30.3 Å². The average molecular weight is 331 g/mol. The van der Waals surface area contributed by atoms with Crippen LogP contribution < -0.4 is 25.4 Å². The number of methoxy groups -OCH3 is 2. The molecular formula is C16H21N5O3. The number of rotatable bonds is 6. The van der Waals surface area contributed by atoms with Gasteiger partial charge in [-0.25, -0.2) is 4.79 Å². The predicted octanol–water partition coefficient (Wildman–Crippen LogP) is 2.77. The summed E-state index contributed by atoms with van der Waals surface area (Å²) < 4.78 is 10.4. The maximum absolute atomic E-state index is 11.6. The molecule has 3 N–H and O–H groups in total. The first kappa shape index (κ1) is 17.3. The summed E-state index contributed by atoms with van der Waals surface area (Å²) in [6.07, 6.45) is 0. The molecule has 0 bridgehead atoms. The number of hydrogen-bond donors (Lipinski definition) is 3. The van der Waals surface area contributed by atoms with Gasteiger partial charge in [0.1, 0.15) is 0 Å². The van der Waals surface area contributed by atoms with Gasteiger partial charge in [-0.05, 0) is 38.1 Å². The van der Waals surface area contributed by atoms with Gasteiger partial charge in [-0.2, -0.15) is 0 Å². The molecule has 2 amide bonds. The zero-order valence-electron chi connectivity index (χ0n) is 14.1. The lowest BCUT2D eigenvalue weighted by molar-refractivity contribution is 0.250. The number of nitrogens with zero attached hydrogens (tertiary/aromatic N) is 2. The third kappa shape index (κ3) is 4.73. The largest absolute Gasteiger partial charge is 0.493 e. The third-order valence-electron chi connectivity index (χ3n) is 2.98. The molecule has 2 rings (SSSR count).